The minimum absolute atomic E-state index is 0.584. The molecule has 5 heteroatoms. The number of guanidine groups is 1. The van der Waals surface area contributed by atoms with Crippen molar-refractivity contribution in [1.29, 1.82) is 0 Å². The highest BCUT2D eigenvalue weighted by molar-refractivity contribution is 5.79. The smallest absolute Gasteiger partial charge is 0.191 e. The standard InChI is InChI=1S/C14H30N4O/c1-4-13(18-9-6-7-10-18)12-17-14(15-5-2)16-8-11-19-3/h13H,4-12H2,1-3H3,(H2,15,16,17). The van der Waals surface area contributed by atoms with Crippen LogP contribution in [0, 0.1) is 0 Å². The predicted octanol–water partition coefficient (Wildman–Crippen LogP) is 1.06. The number of nitrogens with zero attached hydrogens (tertiary/aromatic N) is 2. The van der Waals surface area contributed by atoms with Crippen LogP contribution in [-0.2, 0) is 4.74 Å². The normalized spacial score (nSPS) is 18.6. The van der Waals surface area contributed by atoms with Crippen molar-refractivity contribution in [3.8, 4) is 0 Å². The summed E-state index contributed by atoms with van der Waals surface area (Å²) in [6.45, 7) is 10.1. The van der Waals surface area contributed by atoms with Crippen molar-refractivity contribution in [2.45, 2.75) is 39.2 Å². The molecular formula is C14H30N4O. The third-order valence-corrected chi connectivity index (χ3v) is 3.53. The summed E-state index contributed by atoms with van der Waals surface area (Å²) in [7, 11) is 1.71. The van der Waals surface area contributed by atoms with E-state index in [9.17, 15) is 0 Å². The Morgan fingerprint density at radius 3 is 2.58 bits per heavy atom. The van der Waals surface area contributed by atoms with Crippen molar-refractivity contribution in [1.82, 2.24) is 15.5 Å². The van der Waals surface area contributed by atoms with E-state index in [0.717, 1.165) is 25.6 Å². The first kappa shape index (κ1) is 16.2. The fourth-order valence-corrected chi connectivity index (χ4v) is 2.42. The lowest BCUT2D eigenvalue weighted by atomic mass is 10.2. The number of rotatable bonds is 8. The zero-order chi connectivity index (χ0) is 13.9. The van der Waals surface area contributed by atoms with Crippen LogP contribution in [0.4, 0.5) is 0 Å². The van der Waals surface area contributed by atoms with Crippen LogP contribution in [0.3, 0.4) is 0 Å². The monoisotopic (exact) mass is 270 g/mol. The van der Waals surface area contributed by atoms with E-state index in [-0.39, 0.29) is 0 Å². The van der Waals surface area contributed by atoms with E-state index in [1.807, 2.05) is 0 Å². The molecule has 0 saturated carbocycles. The highest BCUT2D eigenvalue weighted by Gasteiger charge is 2.19. The van der Waals surface area contributed by atoms with Crippen molar-refractivity contribution in [2.24, 2.45) is 4.99 Å². The van der Waals surface area contributed by atoms with Crippen LogP contribution in [0.1, 0.15) is 33.1 Å². The quantitative estimate of drug-likeness (QED) is 0.393. The van der Waals surface area contributed by atoms with Crippen LogP contribution in [-0.4, -0.2) is 63.3 Å². The topological polar surface area (TPSA) is 48.9 Å². The Labute approximate surface area is 117 Å². The summed E-state index contributed by atoms with van der Waals surface area (Å²) >= 11 is 0. The molecule has 5 nitrogen and oxygen atoms in total. The van der Waals surface area contributed by atoms with Crippen molar-refractivity contribution in [3.63, 3.8) is 0 Å². The minimum atomic E-state index is 0.584. The van der Waals surface area contributed by atoms with Gasteiger partial charge in [-0.25, -0.2) is 0 Å². The van der Waals surface area contributed by atoms with E-state index >= 15 is 0 Å². The summed E-state index contributed by atoms with van der Waals surface area (Å²) in [4.78, 5) is 7.27. The molecule has 112 valence electrons. The first-order valence-corrected chi connectivity index (χ1v) is 7.57. The zero-order valence-corrected chi connectivity index (χ0v) is 12.7. The molecule has 1 aliphatic heterocycles. The first-order valence-electron chi connectivity index (χ1n) is 7.57. The van der Waals surface area contributed by atoms with E-state index in [0.29, 0.717) is 12.6 Å². The highest BCUT2D eigenvalue weighted by Crippen LogP contribution is 2.14. The van der Waals surface area contributed by atoms with Gasteiger partial charge >= 0.3 is 0 Å². The molecule has 19 heavy (non-hydrogen) atoms. The summed E-state index contributed by atoms with van der Waals surface area (Å²) in [6.07, 6.45) is 3.85. The predicted molar refractivity (Wildman–Crippen MR) is 80.7 cm³/mol. The van der Waals surface area contributed by atoms with Crippen molar-refractivity contribution >= 4 is 5.96 Å². The van der Waals surface area contributed by atoms with Crippen LogP contribution in [0.25, 0.3) is 0 Å². The first-order chi connectivity index (χ1) is 9.31. The van der Waals surface area contributed by atoms with Gasteiger partial charge in [0.15, 0.2) is 5.96 Å². The fraction of sp³-hybridized carbons (Fsp3) is 0.929. The van der Waals surface area contributed by atoms with Crippen molar-refractivity contribution < 1.29 is 4.74 Å². The van der Waals surface area contributed by atoms with Gasteiger partial charge in [0.25, 0.3) is 0 Å². The molecule has 1 unspecified atom stereocenters. The van der Waals surface area contributed by atoms with Crippen LogP contribution in [0.2, 0.25) is 0 Å². The number of nitrogens with one attached hydrogen (secondary N) is 2. The molecule has 1 saturated heterocycles. The summed E-state index contributed by atoms with van der Waals surface area (Å²) in [5.74, 6) is 0.900. The lowest BCUT2D eigenvalue weighted by Crippen LogP contribution is -2.41. The molecule has 0 aromatic heterocycles. The Morgan fingerprint density at radius 1 is 1.26 bits per heavy atom. The van der Waals surface area contributed by atoms with Crippen LogP contribution < -0.4 is 10.6 Å². The van der Waals surface area contributed by atoms with Gasteiger partial charge in [0.2, 0.25) is 0 Å². The van der Waals surface area contributed by atoms with E-state index in [2.05, 4.69) is 29.4 Å². The van der Waals surface area contributed by atoms with Gasteiger partial charge < -0.3 is 15.4 Å². The fourth-order valence-electron chi connectivity index (χ4n) is 2.42. The Bertz CT molecular complexity index is 252. The van der Waals surface area contributed by atoms with Crippen LogP contribution >= 0.6 is 0 Å². The highest BCUT2D eigenvalue weighted by atomic mass is 16.5. The summed E-state index contributed by atoms with van der Waals surface area (Å²) < 4.78 is 5.04. The molecule has 1 atom stereocenters. The molecule has 1 fully saturated rings. The Balaban J connectivity index is 2.41. The second-order valence-electron chi connectivity index (χ2n) is 4.94. The van der Waals surface area contributed by atoms with Gasteiger partial charge in [-0.2, -0.15) is 0 Å². The van der Waals surface area contributed by atoms with Gasteiger partial charge in [-0.05, 0) is 39.3 Å². The summed E-state index contributed by atoms with van der Waals surface area (Å²) in [5.41, 5.74) is 0. The van der Waals surface area contributed by atoms with E-state index in [1.54, 1.807) is 7.11 Å². The maximum Gasteiger partial charge on any atom is 0.191 e. The minimum Gasteiger partial charge on any atom is -0.383 e. The molecule has 1 aliphatic rings. The molecule has 0 aromatic carbocycles. The lowest BCUT2D eigenvalue weighted by molar-refractivity contribution is 0.203. The van der Waals surface area contributed by atoms with Gasteiger partial charge in [-0.3, -0.25) is 9.89 Å². The van der Waals surface area contributed by atoms with Crippen LogP contribution in [0.5, 0.6) is 0 Å². The third kappa shape index (κ3) is 6.25. The maximum atomic E-state index is 5.04. The van der Waals surface area contributed by atoms with E-state index in [1.165, 1.54) is 32.4 Å². The molecule has 1 rings (SSSR count). The molecule has 1 heterocycles. The number of likely N-dealkylation sites (tertiary alicyclic amines) is 1. The Kier molecular flexibility index (Phi) is 8.58. The number of aliphatic imine (C=N–C) groups is 1. The average molecular weight is 270 g/mol. The van der Waals surface area contributed by atoms with Gasteiger partial charge in [-0.1, -0.05) is 6.92 Å². The SMILES string of the molecule is CCNC(=NCC(CC)N1CCCC1)NCCOC. The molecule has 0 bridgehead atoms. The van der Waals surface area contributed by atoms with E-state index < -0.39 is 0 Å². The zero-order valence-electron chi connectivity index (χ0n) is 12.7. The molecular weight excluding hydrogens is 240 g/mol. The maximum absolute atomic E-state index is 5.04. The van der Waals surface area contributed by atoms with Gasteiger partial charge in [0.05, 0.1) is 13.2 Å². The van der Waals surface area contributed by atoms with Gasteiger partial charge in [0.1, 0.15) is 0 Å². The summed E-state index contributed by atoms with van der Waals surface area (Å²) in [5, 5.41) is 6.56. The molecule has 2 N–H and O–H groups in total. The number of ether oxygens (including phenoxy) is 1. The lowest BCUT2D eigenvalue weighted by Gasteiger charge is -2.25. The molecule has 0 amide bonds. The number of methoxy groups -OCH3 is 1. The van der Waals surface area contributed by atoms with Gasteiger partial charge in [0, 0.05) is 26.2 Å². The largest absolute Gasteiger partial charge is 0.383 e. The third-order valence-electron chi connectivity index (χ3n) is 3.53. The van der Waals surface area contributed by atoms with E-state index in [4.69, 9.17) is 9.73 Å². The van der Waals surface area contributed by atoms with Crippen LogP contribution in [0.15, 0.2) is 4.99 Å². The second-order valence-corrected chi connectivity index (χ2v) is 4.94. The average Bonchev–Trinajstić information content (AvgIpc) is 2.93. The molecule has 0 radical (unpaired) electrons. The van der Waals surface area contributed by atoms with Crippen molar-refractivity contribution in [3.05, 3.63) is 0 Å². The Morgan fingerprint density at radius 2 is 2.00 bits per heavy atom. The van der Waals surface area contributed by atoms with Gasteiger partial charge in [-0.15, -0.1) is 0 Å². The molecule has 0 aromatic rings. The van der Waals surface area contributed by atoms with Crippen molar-refractivity contribution in [2.75, 3.05) is 46.4 Å². The number of hydrogen-bond acceptors (Lipinski definition) is 3. The Hall–Kier alpha value is -0.810. The second kappa shape index (κ2) is 10.0. The molecule has 0 aliphatic carbocycles. The summed E-state index contributed by atoms with van der Waals surface area (Å²) in [6, 6.07) is 0.584. The molecule has 0 spiro atoms. The number of hydrogen-bond donors (Lipinski definition) is 2.